The summed E-state index contributed by atoms with van der Waals surface area (Å²) in [5, 5.41) is 18.7. The Morgan fingerprint density at radius 3 is 2.53 bits per heavy atom. The maximum absolute atomic E-state index is 12.8. The molecule has 0 bridgehead atoms. The van der Waals surface area contributed by atoms with Crippen molar-refractivity contribution >= 4 is 5.91 Å². The Morgan fingerprint density at radius 1 is 1.47 bits per heavy atom. The first-order valence-electron chi connectivity index (χ1n) is 5.17. The van der Waals surface area contributed by atoms with Gasteiger partial charge in [0.2, 0.25) is 0 Å². The molecule has 94 valence electrons. The number of amides is 1. The SMILES string of the molecule is CN(C(=O)c1ccc(F)cc1O)C(C)(C)CO. The molecule has 4 nitrogen and oxygen atoms in total. The highest BCUT2D eigenvalue weighted by Crippen LogP contribution is 2.22. The lowest BCUT2D eigenvalue weighted by Crippen LogP contribution is -2.47. The van der Waals surface area contributed by atoms with E-state index in [1.54, 1.807) is 13.8 Å². The predicted octanol–water partition coefficient (Wildman–Crippen LogP) is 1.37. The van der Waals surface area contributed by atoms with Crippen LogP contribution in [0.5, 0.6) is 5.75 Å². The number of likely N-dealkylation sites (N-methyl/N-ethyl adjacent to an activating group) is 1. The number of aliphatic hydroxyl groups is 1. The van der Waals surface area contributed by atoms with Crippen LogP contribution in [0.2, 0.25) is 0 Å². The first kappa shape index (κ1) is 13.4. The van der Waals surface area contributed by atoms with Gasteiger partial charge in [0, 0.05) is 13.1 Å². The third-order valence-corrected chi connectivity index (χ3v) is 2.79. The Bertz CT molecular complexity index is 432. The smallest absolute Gasteiger partial charge is 0.257 e. The Hall–Kier alpha value is -1.62. The van der Waals surface area contributed by atoms with Gasteiger partial charge in [-0.25, -0.2) is 4.39 Å². The summed E-state index contributed by atoms with van der Waals surface area (Å²) in [4.78, 5) is 13.3. The minimum atomic E-state index is -0.752. The van der Waals surface area contributed by atoms with Gasteiger partial charge in [-0.3, -0.25) is 4.79 Å². The molecule has 1 rings (SSSR count). The number of benzene rings is 1. The molecule has 0 saturated heterocycles. The van der Waals surface area contributed by atoms with E-state index in [-0.39, 0.29) is 12.2 Å². The lowest BCUT2D eigenvalue weighted by molar-refractivity contribution is 0.0470. The van der Waals surface area contributed by atoms with Gasteiger partial charge in [0.1, 0.15) is 11.6 Å². The van der Waals surface area contributed by atoms with Gasteiger partial charge in [-0.1, -0.05) is 0 Å². The Balaban J connectivity index is 3.05. The van der Waals surface area contributed by atoms with Crippen LogP contribution in [0.25, 0.3) is 0 Å². The second-order valence-electron chi connectivity index (χ2n) is 4.50. The van der Waals surface area contributed by atoms with Crippen LogP contribution in [-0.2, 0) is 0 Å². The molecule has 1 amide bonds. The number of rotatable bonds is 3. The number of halogens is 1. The monoisotopic (exact) mass is 241 g/mol. The number of aliphatic hydroxyl groups excluding tert-OH is 1. The lowest BCUT2D eigenvalue weighted by atomic mass is 10.0. The highest BCUT2D eigenvalue weighted by Gasteiger charge is 2.28. The molecule has 1 aromatic rings. The quantitative estimate of drug-likeness (QED) is 0.840. The second-order valence-corrected chi connectivity index (χ2v) is 4.50. The van der Waals surface area contributed by atoms with Crippen molar-refractivity contribution in [3.05, 3.63) is 29.6 Å². The molecule has 0 spiro atoms. The summed E-state index contributed by atoms with van der Waals surface area (Å²) in [6.45, 7) is 3.16. The number of carbonyl (C=O) groups is 1. The molecule has 0 atom stereocenters. The van der Waals surface area contributed by atoms with Crippen molar-refractivity contribution < 1.29 is 19.4 Å². The molecule has 0 heterocycles. The van der Waals surface area contributed by atoms with Gasteiger partial charge in [-0.2, -0.15) is 0 Å². The van der Waals surface area contributed by atoms with Crippen LogP contribution in [0.3, 0.4) is 0 Å². The highest BCUT2D eigenvalue weighted by molar-refractivity contribution is 5.97. The standard InChI is InChI=1S/C12H16FNO3/c1-12(2,7-15)14(3)11(17)9-5-4-8(13)6-10(9)16/h4-6,15-16H,7H2,1-3H3. The summed E-state index contributed by atoms with van der Waals surface area (Å²) in [5.74, 6) is -1.49. The first-order chi connectivity index (χ1) is 7.79. The molecule has 0 radical (unpaired) electrons. The van der Waals surface area contributed by atoms with Crippen LogP contribution < -0.4 is 0 Å². The minimum Gasteiger partial charge on any atom is -0.507 e. The summed E-state index contributed by atoms with van der Waals surface area (Å²) in [6.07, 6.45) is 0. The topological polar surface area (TPSA) is 60.8 Å². The Kier molecular flexibility index (Phi) is 3.72. The van der Waals surface area contributed by atoms with Crippen LogP contribution in [0.4, 0.5) is 4.39 Å². The maximum atomic E-state index is 12.8. The van der Waals surface area contributed by atoms with Crippen LogP contribution in [0, 0.1) is 5.82 Å². The highest BCUT2D eigenvalue weighted by atomic mass is 19.1. The zero-order chi connectivity index (χ0) is 13.2. The van der Waals surface area contributed by atoms with E-state index in [1.807, 2.05) is 0 Å². The molecular weight excluding hydrogens is 225 g/mol. The van der Waals surface area contributed by atoms with Gasteiger partial charge in [0.15, 0.2) is 0 Å². The number of hydrogen-bond donors (Lipinski definition) is 2. The van der Waals surface area contributed by atoms with Gasteiger partial charge >= 0.3 is 0 Å². The first-order valence-corrected chi connectivity index (χ1v) is 5.17. The predicted molar refractivity (Wildman–Crippen MR) is 61.3 cm³/mol. The van der Waals surface area contributed by atoms with Crippen LogP contribution in [0.15, 0.2) is 18.2 Å². The van der Waals surface area contributed by atoms with Crippen molar-refractivity contribution in [2.24, 2.45) is 0 Å². The third kappa shape index (κ3) is 2.74. The summed E-state index contributed by atoms with van der Waals surface area (Å²) in [6, 6.07) is 3.21. The minimum absolute atomic E-state index is 0.00965. The van der Waals surface area contributed by atoms with Gasteiger partial charge in [0.05, 0.1) is 17.7 Å². The largest absolute Gasteiger partial charge is 0.507 e. The molecule has 0 aliphatic carbocycles. The fraction of sp³-hybridized carbons (Fsp3) is 0.417. The normalized spacial score (nSPS) is 11.4. The van der Waals surface area contributed by atoms with E-state index in [0.717, 1.165) is 12.1 Å². The van der Waals surface area contributed by atoms with E-state index in [2.05, 4.69) is 0 Å². The lowest BCUT2D eigenvalue weighted by Gasteiger charge is -2.34. The van der Waals surface area contributed by atoms with Crippen molar-refractivity contribution in [1.82, 2.24) is 4.90 Å². The molecule has 0 saturated carbocycles. The summed E-state index contributed by atoms with van der Waals surface area (Å²) in [7, 11) is 1.52. The fourth-order valence-electron chi connectivity index (χ4n) is 1.25. The molecule has 0 aromatic heterocycles. The molecule has 17 heavy (non-hydrogen) atoms. The number of nitrogens with zero attached hydrogens (tertiary/aromatic N) is 1. The van der Waals surface area contributed by atoms with E-state index in [1.165, 1.54) is 18.0 Å². The van der Waals surface area contributed by atoms with Crippen molar-refractivity contribution in [2.75, 3.05) is 13.7 Å². The zero-order valence-electron chi connectivity index (χ0n) is 10.1. The molecule has 1 aromatic carbocycles. The molecular formula is C12H16FNO3. The van der Waals surface area contributed by atoms with Gasteiger partial charge in [-0.15, -0.1) is 0 Å². The molecule has 5 heteroatoms. The summed E-state index contributed by atoms with van der Waals surface area (Å²) in [5.41, 5.74) is -0.742. The van der Waals surface area contributed by atoms with E-state index in [0.29, 0.717) is 0 Å². The number of hydrogen-bond acceptors (Lipinski definition) is 3. The average molecular weight is 241 g/mol. The molecule has 0 unspecified atom stereocenters. The average Bonchev–Trinajstić information content (AvgIpc) is 2.27. The van der Waals surface area contributed by atoms with Gasteiger partial charge in [-0.05, 0) is 26.0 Å². The fourth-order valence-corrected chi connectivity index (χ4v) is 1.25. The molecule has 2 N–H and O–H groups in total. The summed E-state index contributed by atoms with van der Waals surface area (Å²) >= 11 is 0. The van der Waals surface area contributed by atoms with Crippen LogP contribution in [0.1, 0.15) is 24.2 Å². The molecule has 0 aliphatic rings. The Morgan fingerprint density at radius 2 is 2.06 bits per heavy atom. The van der Waals surface area contributed by atoms with Crippen molar-refractivity contribution in [2.45, 2.75) is 19.4 Å². The van der Waals surface area contributed by atoms with E-state index in [4.69, 9.17) is 5.11 Å². The van der Waals surface area contributed by atoms with Crippen LogP contribution >= 0.6 is 0 Å². The number of phenolic OH excluding ortho intramolecular Hbond substituents is 1. The van der Waals surface area contributed by atoms with E-state index < -0.39 is 23.0 Å². The van der Waals surface area contributed by atoms with E-state index in [9.17, 15) is 14.3 Å². The number of phenols is 1. The van der Waals surface area contributed by atoms with Gasteiger partial charge in [0.25, 0.3) is 5.91 Å². The third-order valence-electron chi connectivity index (χ3n) is 2.79. The number of aromatic hydroxyl groups is 1. The van der Waals surface area contributed by atoms with E-state index >= 15 is 0 Å². The molecule has 0 aliphatic heterocycles. The van der Waals surface area contributed by atoms with Crippen molar-refractivity contribution in [3.8, 4) is 5.75 Å². The second kappa shape index (κ2) is 4.71. The maximum Gasteiger partial charge on any atom is 0.257 e. The van der Waals surface area contributed by atoms with Crippen molar-refractivity contribution in [1.29, 1.82) is 0 Å². The van der Waals surface area contributed by atoms with Crippen molar-refractivity contribution in [3.63, 3.8) is 0 Å². The Labute approximate surface area is 99.3 Å². The molecule has 0 fully saturated rings. The van der Waals surface area contributed by atoms with Crippen LogP contribution in [-0.4, -0.2) is 40.2 Å². The number of carbonyl (C=O) groups excluding carboxylic acids is 1. The van der Waals surface area contributed by atoms with Gasteiger partial charge < -0.3 is 15.1 Å². The zero-order valence-corrected chi connectivity index (χ0v) is 10.1. The summed E-state index contributed by atoms with van der Waals surface area (Å²) < 4.78 is 12.8.